The molecule has 3 nitrogen and oxygen atoms in total. The van der Waals surface area contributed by atoms with Crippen molar-refractivity contribution in [2.75, 3.05) is 20.3 Å². The topological polar surface area (TPSA) is 38.5 Å². The molecule has 0 fully saturated rings. The first-order valence-electron chi connectivity index (χ1n) is 5.54. The Morgan fingerprint density at radius 2 is 1.86 bits per heavy atom. The summed E-state index contributed by atoms with van der Waals surface area (Å²) in [6.07, 6.45) is 1.03. The molecule has 0 aliphatic rings. The number of hydrogen-bond acceptors (Lipinski definition) is 3. The third kappa shape index (κ3) is 4.40. The van der Waals surface area contributed by atoms with Gasteiger partial charge in [0.25, 0.3) is 0 Å². The quantitative estimate of drug-likeness (QED) is 0.679. The highest BCUT2D eigenvalue weighted by molar-refractivity contribution is 4.79. The van der Waals surface area contributed by atoms with Gasteiger partial charge in [-0.15, -0.1) is 0 Å². The van der Waals surface area contributed by atoms with Gasteiger partial charge in [0, 0.05) is 31.8 Å². The summed E-state index contributed by atoms with van der Waals surface area (Å²) >= 11 is 0. The summed E-state index contributed by atoms with van der Waals surface area (Å²) in [7, 11) is 1.74. The molecule has 0 heterocycles. The van der Waals surface area contributed by atoms with Crippen LogP contribution in [0.1, 0.15) is 34.1 Å². The van der Waals surface area contributed by atoms with Gasteiger partial charge >= 0.3 is 0 Å². The number of rotatable bonds is 7. The number of nitrogens with zero attached hydrogens (tertiary/aromatic N) is 1. The van der Waals surface area contributed by atoms with E-state index >= 15 is 0 Å². The average molecular weight is 202 g/mol. The Morgan fingerprint density at radius 3 is 2.21 bits per heavy atom. The summed E-state index contributed by atoms with van der Waals surface area (Å²) in [6, 6.07) is 1.21. The van der Waals surface area contributed by atoms with Gasteiger partial charge in [0.05, 0.1) is 6.61 Å². The lowest BCUT2D eigenvalue weighted by Gasteiger charge is -2.35. The first-order valence-corrected chi connectivity index (χ1v) is 5.54. The lowest BCUT2D eigenvalue weighted by Crippen LogP contribution is -2.49. The molecule has 0 aliphatic carbocycles. The van der Waals surface area contributed by atoms with Crippen LogP contribution in [0.25, 0.3) is 0 Å². The second-order valence-electron chi connectivity index (χ2n) is 4.14. The second-order valence-corrected chi connectivity index (χ2v) is 4.14. The molecule has 0 saturated heterocycles. The molecule has 0 saturated carbocycles. The standard InChI is InChI=1S/C11H26N2O/c1-6-11(12)10(4)13(9(2)3)7-8-14-5/h9-11H,6-8,12H2,1-5H3. The second kappa shape index (κ2) is 7.21. The molecule has 0 aliphatic heterocycles. The van der Waals surface area contributed by atoms with Gasteiger partial charge in [-0.05, 0) is 27.2 Å². The molecule has 0 aromatic rings. The van der Waals surface area contributed by atoms with Crippen LogP contribution in [-0.4, -0.2) is 43.3 Å². The van der Waals surface area contributed by atoms with Gasteiger partial charge in [0.2, 0.25) is 0 Å². The SMILES string of the molecule is CCC(N)C(C)N(CCOC)C(C)C. The van der Waals surface area contributed by atoms with Crippen LogP contribution in [0.15, 0.2) is 0 Å². The summed E-state index contributed by atoms with van der Waals surface area (Å²) in [5.74, 6) is 0. The molecular formula is C11H26N2O. The van der Waals surface area contributed by atoms with Gasteiger partial charge in [-0.25, -0.2) is 0 Å². The van der Waals surface area contributed by atoms with Crippen molar-refractivity contribution < 1.29 is 4.74 Å². The fourth-order valence-electron chi connectivity index (χ4n) is 1.72. The zero-order chi connectivity index (χ0) is 11.1. The molecule has 0 amide bonds. The first-order chi connectivity index (χ1) is 6.54. The minimum Gasteiger partial charge on any atom is -0.383 e. The summed E-state index contributed by atoms with van der Waals surface area (Å²) in [6.45, 7) is 10.5. The van der Waals surface area contributed by atoms with E-state index in [-0.39, 0.29) is 6.04 Å². The molecule has 0 radical (unpaired) electrons. The maximum Gasteiger partial charge on any atom is 0.0589 e. The molecule has 2 unspecified atom stereocenters. The van der Waals surface area contributed by atoms with Crippen molar-refractivity contribution in [1.29, 1.82) is 0 Å². The van der Waals surface area contributed by atoms with Crippen molar-refractivity contribution in [3.05, 3.63) is 0 Å². The van der Waals surface area contributed by atoms with Crippen LogP contribution in [0.4, 0.5) is 0 Å². The zero-order valence-corrected chi connectivity index (χ0v) is 10.3. The molecule has 3 heteroatoms. The van der Waals surface area contributed by atoms with Gasteiger partial charge in [0.15, 0.2) is 0 Å². The minimum atomic E-state index is 0.259. The van der Waals surface area contributed by atoms with Crippen molar-refractivity contribution in [2.24, 2.45) is 5.73 Å². The summed E-state index contributed by atoms with van der Waals surface area (Å²) in [5, 5.41) is 0. The normalized spacial score (nSPS) is 16.3. The number of hydrogen-bond donors (Lipinski definition) is 1. The number of ether oxygens (including phenoxy) is 1. The van der Waals surface area contributed by atoms with E-state index < -0.39 is 0 Å². The Bertz CT molecular complexity index is 139. The largest absolute Gasteiger partial charge is 0.383 e. The average Bonchev–Trinajstić information content (AvgIpc) is 2.16. The molecule has 0 bridgehead atoms. The van der Waals surface area contributed by atoms with Crippen molar-refractivity contribution in [3.63, 3.8) is 0 Å². The number of methoxy groups -OCH3 is 1. The Balaban J connectivity index is 4.17. The molecular weight excluding hydrogens is 176 g/mol. The molecule has 86 valence electrons. The first kappa shape index (κ1) is 13.9. The van der Waals surface area contributed by atoms with Crippen molar-refractivity contribution in [3.8, 4) is 0 Å². The van der Waals surface area contributed by atoms with Crippen LogP contribution >= 0.6 is 0 Å². The zero-order valence-electron chi connectivity index (χ0n) is 10.3. The third-order valence-electron chi connectivity index (χ3n) is 2.83. The minimum absolute atomic E-state index is 0.259. The molecule has 14 heavy (non-hydrogen) atoms. The van der Waals surface area contributed by atoms with E-state index in [1.807, 2.05) is 0 Å². The molecule has 0 aromatic heterocycles. The van der Waals surface area contributed by atoms with E-state index in [1.54, 1.807) is 7.11 Å². The summed E-state index contributed by atoms with van der Waals surface area (Å²) < 4.78 is 5.10. The highest BCUT2D eigenvalue weighted by Gasteiger charge is 2.21. The molecule has 2 N–H and O–H groups in total. The van der Waals surface area contributed by atoms with Crippen molar-refractivity contribution in [2.45, 2.75) is 52.2 Å². The molecule has 2 atom stereocenters. The monoisotopic (exact) mass is 202 g/mol. The summed E-state index contributed by atoms with van der Waals surface area (Å²) in [5.41, 5.74) is 6.04. The van der Waals surface area contributed by atoms with Gasteiger partial charge in [-0.3, -0.25) is 4.90 Å². The highest BCUT2D eigenvalue weighted by Crippen LogP contribution is 2.09. The fraction of sp³-hybridized carbons (Fsp3) is 1.00. The smallest absolute Gasteiger partial charge is 0.0589 e. The van der Waals surface area contributed by atoms with Crippen LogP contribution in [0, 0.1) is 0 Å². The van der Waals surface area contributed by atoms with Crippen LogP contribution in [0.2, 0.25) is 0 Å². The van der Waals surface area contributed by atoms with E-state index in [1.165, 1.54) is 0 Å². The van der Waals surface area contributed by atoms with Gasteiger partial charge in [-0.1, -0.05) is 6.92 Å². The van der Waals surface area contributed by atoms with Crippen LogP contribution in [0.3, 0.4) is 0 Å². The highest BCUT2D eigenvalue weighted by atomic mass is 16.5. The van der Waals surface area contributed by atoms with Crippen molar-refractivity contribution in [1.82, 2.24) is 4.90 Å². The van der Waals surface area contributed by atoms with Crippen LogP contribution in [0.5, 0.6) is 0 Å². The fourth-order valence-corrected chi connectivity index (χ4v) is 1.72. The van der Waals surface area contributed by atoms with E-state index in [0.717, 1.165) is 19.6 Å². The van der Waals surface area contributed by atoms with Gasteiger partial charge in [-0.2, -0.15) is 0 Å². The Kier molecular flexibility index (Phi) is 7.15. The Labute approximate surface area is 88.6 Å². The molecule has 0 aromatic carbocycles. The maximum absolute atomic E-state index is 6.04. The maximum atomic E-state index is 6.04. The molecule has 0 spiro atoms. The van der Waals surface area contributed by atoms with Crippen LogP contribution in [-0.2, 0) is 4.74 Å². The van der Waals surface area contributed by atoms with Gasteiger partial charge < -0.3 is 10.5 Å². The van der Waals surface area contributed by atoms with Crippen molar-refractivity contribution >= 4 is 0 Å². The Morgan fingerprint density at radius 1 is 1.29 bits per heavy atom. The molecule has 0 rings (SSSR count). The predicted molar refractivity (Wildman–Crippen MR) is 61.4 cm³/mol. The summed E-state index contributed by atoms with van der Waals surface area (Å²) in [4.78, 5) is 2.40. The Hall–Kier alpha value is -0.120. The van der Waals surface area contributed by atoms with E-state index in [4.69, 9.17) is 10.5 Å². The lowest BCUT2D eigenvalue weighted by atomic mass is 10.1. The van der Waals surface area contributed by atoms with Gasteiger partial charge in [0.1, 0.15) is 0 Å². The third-order valence-corrected chi connectivity index (χ3v) is 2.83. The van der Waals surface area contributed by atoms with E-state index in [2.05, 4.69) is 32.6 Å². The van der Waals surface area contributed by atoms with E-state index in [0.29, 0.717) is 12.1 Å². The predicted octanol–water partition coefficient (Wildman–Crippen LogP) is 1.47. The number of nitrogens with two attached hydrogens (primary N) is 1. The van der Waals surface area contributed by atoms with Crippen LogP contribution < -0.4 is 5.73 Å². The van der Waals surface area contributed by atoms with E-state index in [9.17, 15) is 0 Å². The lowest BCUT2D eigenvalue weighted by molar-refractivity contribution is 0.0908.